The first-order valence-electron chi connectivity index (χ1n) is 12.5. The first kappa shape index (κ1) is 27.7. The number of anilines is 1. The van der Waals surface area contributed by atoms with Gasteiger partial charge in [0.1, 0.15) is 23.7 Å². The smallest absolute Gasteiger partial charge is 0.352 e. The first-order valence-corrected chi connectivity index (χ1v) is 13.5. The number of imidazole rings is 1. The number of carboxylic acids is 1. The van der Waals surface area contributed by atoms with E-state index >= 15 is 0 Å². The lowest BCUT2D eigenvalue weighted by atomic mass is 10.0. The van der Waals surface area contributed by atoms with E-state index in [9.17, 15) is 33.9 Å². The van der Waals surface area contributed by atoms with Crippen molar-refractivity contribution in [2.75, 3.05) is 17.7 Å². The number of para-hydroxylation sites is 3. The van der Waals surface area contributed by atoms with Gasteiger partial charge < -0.3 is 20.5 Å². The number of carbonyl (C=O) groups excluding carboxylic acids is 4. The van der Waals surface area contributed by atoms with E-state index in [1.807, 2.05) is 0 Å². The number of carbonyl (C=O) groups is 5. The van der Waals surface area contributed by atoms with Gasteiger partial charge in [0.2, 0.25) is 5.91 Å². The van der Waals surface area contributed by atoms with Crippen LogP contribution in [0.5, 0.6) is 0 Å². The van der Waals surface area contributed by atoms with Crippen LogP contribution in [0, 0.1) is 0 Å². The summed E-state index contributed by atoms with van der Waals surface area (Å²) in [5.41, 5.74) is 1.29. The second-order valence-corrected chi connectivity index (χ2v) is 10.5. The van der Waals surface area contributed by atoms with Crippen LogP contribution in [0.1, 0.15) is 12.5 Å². The molecule has 1 fully saturated rings. The Balaban J connectivity index is 1.29. The van der Waals surface area contributed by atoms with Crippen molar-refractivity contribution < 1.29 is 33.8 Å². The van der Waals surface area contributed by atoms with Crippen LogP contribution >= 0.6 is 11.8 Å². The van der Waals surface area contributed by atoms with Crippen LogP contribution in [0.3, 0.4) is 0 Å². The maximum atomic E-state index is 13.1. The third kappa shape index (κ3) is 5.09. The van der Waals surface area contributed by atoms with Gasteiger partial charge in [0.15, 0.2) is 0 Å². The van der Waals surface area contributed by atoms with Gasteiger partial charge in [-0.15, -0.1) is 11.8 Å². The van der Waals surface area contributed by atoms with Crippen LogP contribution in [0.15, 0.2) is 64.6 Å². The number of β-lactam (4-membered cyclic amide) rings is 1. The molecule has 1 aromatic heterocycles. The van der Waals surface area contributed by atoms with Crippen LogP contribution < -0.4 is 16.3 Å². The number of hydrogen-bond donors (Lipinski definition) is 3. The minimum atomic E-state index is -1.33. The van der Waals surface area contributed by atoms with Gasteiger partial charge in [-0.2, -0.15) is 0 Å². The van der Waals surface area contributed by atoms with E-state index in [4.69, 9.17) is 4.74 Å². The van der Waals surface area contributed by atoms with E-state index in [1.54, 1.807) is 55.6 Å². The molecule has 0 aliphatic carbocycles. The number of hydrogen-bond acceptors (Lipinski definition) is 8. The topological polar surface area (TPSA) is 169 Å². The summed E-state index contributed by atoms with van der Waals surface area (Å²) >= 11 is 1.25. The lowest BCUT2D eigenvalue weighted by molar-refractivity contribution is -0.151. The molecule has 3 N–H and O–H groups in total. The van der Waals surface area contributed by atoms with E-state index in [-0.39, 0.29) is 24.5 Å². The molecule has 0 bridgehead atoms. The van der Waals surface area contributed by atoms with Crippen LogP contribution in [-0.2, 0) is 37.4 Å². The molecule has 3 amide bonds. The largest absolute Gasteiger partial charge is 0.477 e. The van der Waals surface area contributed by atoms with Crippen LogP contribution in [0.25, 0.3) is 11.0 Å². The van der Waals surface area contributed by atoms with Crippen molar-refractivity contribution in [3.63, 3.8) is 0 Å². The number of amides is 3. The Labute approximate surface area is 236 Å². The molecule has 0 radical (unpaired) electrons. The third-order valence-corrected chi connectivity index (χ3v) is 8.13. The summed E-state index contributed by atoms with van der Waals surface area (Å²) in [5.74, 6) is -2.80. The summed E-state index contributed by atoms with van der Waals surface area (Å²) in [5, 5.41) is 14.4. The van der Waals surface area contributed by atoms with Crippen LogP contribution in [0.2, 0.25) is 0 Å². The number of nitrogens with zero attached hydrogens (tertiary/aromatic N) is 3. The van der Waals surface area contributed by atoms with Gasteiger partial charge >= 0.3 is 23.7 Å². The predicted octanol–water partition coefficient (Wildman–Crippen LogP) is 1.26. The highest BCUT2D eigenvalue weighted by atomic mass is 32.2. The monoisotopic (exact) mass is 579 g/mol. The summed E-state index contributed by atoms with van der Waals surface area (Å²) in [6, 6.07) is 11.8. The Morgan fingerprint density at radius 1 is 1.05 bits per heavy atom. The molecule has 3 heterocycles. The normalized spacial score (nSPS) is 18.0. The van der Waals surface area contributed by atoms with Crippen molar-refractivity contribution in [2.45, 2.75) is 24.8 Å². The molecule has 1 saturated heterocycles. The molecule has 3 aromatic rings. The minimum absolute atomic E-state index is 0.193. The molecule has 212 valence electrons. The summed E-state index contributed by atoms with van der Waals surface area (Å²) in [6.45, 7) is 0.956. The number of carboxylic acid groups (broad SMARTS) is 1. The molecule has 0 saturated carbocycles. The molecule has 41 heavy (non-hydrogen) atoms. The standard InChI is InChI=1S/C27H25N5O8S/c1-14(33)40-12-16-13-41-24-21(23(35)32(24)22(16)25(36)37)29-20(34)11-15-7-3-4-8-17(15)28-26(38)31-19-10-6-5-9-18(19)30(2)27(31)39/h3-10,21,24H,11-13H2,1-2H3,(H,28,38)(H,29,34)(H,36,37)/t21?,24-/m1/s1. The Kier molecular flexibility index (Phi) is 7.41. The number of benzene rings is 2. The van der Waals surface area contributed by atoms with Gasteiger partial charge in [0.25, 0.3) is 5.91 Å². The molecule has 13 nitrogen and oxygen atoms in total. The molecular formula is C27H25N5O8S. The number of rotatable bonds is 7. The average Bonchev–Trinajstić information content (AvgIpc) is 3.20. The summed E-state index contributed by atoms with van der Waals surface area (Å²) in [4.78, 5) is 75.9. The van der Waals surface area contributed by atoms with Crippen molar-refractivity contribution in [1.29, 1.82) is 0 Å². The molecule has 2 aromatic carbocycles. The van der Waals surface area contributed by atoms with Crippen molar-refractivity contribution >= 4 is 58.3 Å². The molecule has 2 atom stereocenters. The lowest BCUT2D eigenvalue weighted by Gasteiger charge is -2.49. The quantitative estimate of drug-likeness (QED) is 0.276. The van der Waals surface area contributed by atoms with Crippen LogP contribution in [0.4, 0.5) is 10.5 Å². The Morgan fingerprint density at radius 3 is 2.44 bits per heavy atom. The minimum Gasteiger partial charge on any atom is -0.477 e. The van der Waals surface area contributed by atoms with Gasteiger partial charge in [0, 0.05) is 31.0 Å². The molecule has 5 rings (SSSR count). The Hall–Kier alpha value is -4.85. The maximum Gasteiger partial charge on any atom is 0.352 e. The number of fused-ring (bicyclic) bond motifs is 2. The van der Waals surface area contributed by atoms with E-state index in [0.717, 1.165) is 9.47 Å². The summed E-state index contributed by atoms with van der Waals surface area (Å²) < 4.78 is 7.30. The fourth-order valence-corrected chi connectivity index (χ4v) is 6.16. The van der Waals surface area contributed by atoms with Crippen molar-refractivity contribution in [3.8, 4) is 0 Å². The fraction of sp³-hybridized carbons (Fsp3) is 0.259. The highest BCUT2D eigenvalue weighted by molar-refractivity contribution is 8.00. The van der Waals surface area contributed by atoms with Gasteiger partial charge in [0.05, 0.1) is 17.5 Å². The first-order chi connectivity index (χ1) is 19.6. The number of esters is 1. The number of nitrogens with one attached hydrogen (secondary N) is 2. The predicted molar refractivity (Wildman–Crippen MR) is 148 cm³/mol. The average molecular weight is 580 g/mol. The number of aryl methyl sites for hydroxylation is 1. The van der Waals surface area contributed by atoms with Gasteiger partial charge in [-0.1, -0.05) is 30.3 Å². The van der Waals surface area contributed by atoms with E-state index in [2.05, 4.69) is 10.6 Å². The van der Waals surface area contributed by atoms with Crippen molar-refractivity contribution in [1.82, 2.24) is 19.4 Å². The second kappa shape index (κ2) is 11.0. The second-order valence-electron chi connectivity index (χ2n) is 9.42. The van der Waals surface area contributed by atoms with Crippen LogP contribution in [-0.4, -0.2) is 72.7 Å². The highest BCUT2D eigenvalue weighted by Crippen LogP contribution is 2.40. The van der Waals surface area contributed by atoms with E-state index in [0.29, 0.717) is 27.9 Å². The van der Waals surface area contributed by atoms with E-state index in [1.165, 1.54) is 23.3 Å². The zero-order valence-electron chi connectivity index (χ0n) is 21.9. The highest BCUT2D eigenvalue weighted by Gasteiger charge is 2.54. The molecule has 2 aliphatic heterocycles. The molecular weight excluding hydrogens is 554 g/mol. The molecule has 14 heteroatoms. The fourth-order valence-electron chi connectivity index (χ4n) is 4.84. The SMILES string of the molecule is CC(=O)OCC1=C(C(=O)O)N2C(=O)C(NC(=O)Cc3ccccc3NC(=O)n3c(=O)n(C)c4ccccc43)[C@H]2SC1. The summed E-state index contributed by atoms with van der Waals surface area (Å²) in [6.07, 6.45) is -0.193. The Bertz CT molecular complexity index is 1710. The van der Waals surface area contributed by atoms with Crippen molar-refractivity contribution in [2.24, 2.45) is 7.05 Å². The van der Waals surface area contributed by atoms with Gasteiger partial charge in [-0.05, 0) is 23.8 Å². The zero-order chi connectivity index (χ0) is 29.4. The molecule has 0 spiro atoms. The number of ether oxygens (including phenoxy) is 1. The Morgan fingerprint density at radius 2 is 1.73 bits per heavy atom. The maximum absolute atomic E-state index is 13.1. The number of aromatic nitrogens is 2. The summed E-state index contributed by atoms with van der Waals surface area (Å²) in [7, 11) is 1.57. The molecule has 2 aliphatic rings. The van der Waals surface area contributed by atoms with Gasteiger partial charge in [-0.3, -0.25) is 23.9 Å². The van der Waals surface area contributed by atoms with Crippen molar-refractivity contribution in [3.05, 3.63) is 75.8 Å². The van der Waals surface area contributed by atoms with Gasteiger partial charge in [-0.25, -0.2) is 19.0 Å². The number of aliphatic carboxylic acids is 1. The zero-order valence-corrected chi connectivity index (χ0v) is 22.8. The third-order valence-electron chi connectivity index (χ3n) is 6.79. The van der Waals surface area contributed by atoms with E-state index < -0.39 is 46.9 Å². The number of thioether (sulfide) groups is 1. The molecule has 1 unspecified atom stereocenters. The lowest BCUT2D eigenvalue weighted by Crippen LogP contribution is -2.70.